The van der Waals surface area contributed by atoms with E-state index in [4.69, 9.17) is 6.42 Å². The van der Waals surface area contributed by atoms with Gasteiger partial charge in [-0.2, -0.15) is 5.26 Å². The minimum atomic E-state index is -0.715. The number of terminal acetylenes is 1. The summed E-state index contributed by atoms with van der Waals surface area (Å²) in [5, 5.41) is 20.8. The topological polar surface area (TPSA) is 181 Å². The van der Waals surface area contributed by atoms with Gasteiger partial charge in [0.2, 0.25) is 35.4 Å². The molecule has 53 heavy (non-hydrogen) atoms. The molecule has 0 aromatic rings. The van der Waals surface area contributed by atoms with E-state index in [0.29, 0.717) is 57.3 Å². The normalized spacial score (nSPS) is 32.5. The number of nitriles is 1. The predicted octanol–water partition coefficient (Wildman–Crippen LogP) is 2.80. The van der Waals surface area contributed by atoms with E-state index < -0.39 is 24.2 Å². The number of hydrogen-bond donors (Lipinski definition) is 4. The monoisotopic (exact) mass is 742 g/mol. The van der Waals surface area contributed by atoms with Crippen LogP contribution >= 0.6 is 0 Å². The Hall–Kier alpha value is -4.13. The third-order valence-electron chi connectivity index (χ3n) is 13.1. The number of likely N-dealkylation sites (tertiary alicyclic amines) is 2. The lowest BCUT2D eigenvalue weighted by Gasteiger charge is -2.32. The van der Waals surface area contributed by atoms with E-state index in [1.165, 1.54) is 0 Å². The number of nitrogens with one attached hydrogen (secondary N) is 4. The second kappa shape index (κ2) is 15.3. The summed E-state index contributed by atoms with van der Waals surface area (Å²) in [7, 11) is 0. The summed E-state index contributed by atoms with van der Waals surface area (Å²) in [5.74, 6) is 2.45. The fourth-order valence-electron chi connectivity index (χ4n) is 9.62. The number of fused-ring (bicyclic) bond motifs is 2. The molecule has 13 heteroatoms. The largest absolute Gasteiger partial charge is 0.356 e. The Morgan fingerprint density at radius 2 is 1.23 bits per heavy atom. The van der Waals surface area contributed by atoms with Crippen LogP contribution in [0.1, 0.15) is 93.2 Å². The highest BCUT2D eigenvalue weighted by Gasteiger charge is 2.70. The fraction of sp³-hybridized carbons (Fsp3) is 0.775. The molecule has 0 bridgehead atoms. The molecule has 6 amide bonds. The van der Waals surface area contributed by atoms with Crippen molar-refractivity contribution in [3.63, 3.8) is 0 Å². The second-order valence-corrected chi connectivity index (χ2v) is 17.9. The number of piperidine rings is 3. The zero-order valence-electron chi connectivity index (χ0n) is 32.7. The lowest BCUT2D eigenvalue weighted by molar-refractivity contribution is -0.143. The van der Waals surface area contributed by atoms with Crippen molar-refractivity contribution in [3.8, 4) is 18.4 Å². The van der Waals surface area contributed by atoms with E-state index in [0.717, 1.165) is 12.8 Å². The minimum Gasteiger partial charge on any atom is -0.356 e. The van der Waals surface area contributed by atoms with Crippen molar-refractivity contribution < 1.29 is 34.5 Å². The van der Waals surface area contributed by atoms with Crippen molar-refractivity contribution in [1.29, 1.82) is 5.26 Å². The van der Waals surface area contributed by atoms with Gasteiger partial charge in [-0.15, -0.1) is 6.42 Å². The van der Waals surface area contributed by atoms with Crippen molar-refractivity contribution >= 4 is 35.4 Å². The van der Waals surface area contributed by atoms with Crippen molar-refractivity contribution in [2.45, 2.75) is 112 Å². The van der Waals surface area contributed by atoms with Gasteiger partial charge >= 0.3 is 0 Å². The zero-order chi connectivity index (χ0) is 39.2. The van der Waals surface area contributed by atoms with Gasteiger partial charge in [0.15, 0.2) is 0 Å². The van der Waals surface area contributed by atoms with E-state index in [2.05, 4.69) is 61.0 Å². The molecule has 13 nitrogen and oxygen atoms in total. The number of nitrogens with zero attached hydrogens (tertiary/aromatic N) is 3. The maximum atomic E-state index is 13.1. The highest BCUT2D eigenvalue weighted by Crippen LogP contribution is 2.66. The Morgan fingerprint density at radius 3 is 1.62 bits per heavy atom. The first kappa shape index (κ1) is 40.1. The first-order chi connectivity index (χ1) is 24.9. The molecule has 4 N–H and O–H groups in total. The predicted molar refractivity (Wildman–Crippen MR) is 205 cm³/mol. The van der Waals surface area contributed by atoms with Crippen molar-refractivity contribution in [1.82, 2.24) is 31.1 Å². The molecule has 10 atom stereocenters. The van der Waals surface area contributed by atoms with Crippen LogP contribution in [0.3, 0.4) is 0 Å². The van der Waals surface area contributed by atoms with Crippen LogP contribution in [0.2, 0.25) is 0 Å². The number of hydrogen-bond acceptors (Lipinski definition) is 7. The first-order valence-corrected chi connectivity index (χ1v) is 19.5. The van der Waals surface area contributed by atoms with Crippen LogP contribution in [0, 0.1) is 81.8 Å². The van der Waals surface area contributed by atoms with Gasteiger partial charge in [-0.05, 0) is 66.6 Å². The van der Waals surface area contributed by atoms with Crippen molar-refractivity contribution in [3.05, 3.63) is 0 Å². The minimum absolute atomic E-state index is 0. The van der Waals surface area contributed by atoms with Gasteiger partial charge in [-0.1, -0.05) is 61.3 Å². The number of rotatable bonds is 10. The molecule has 4 saturated heterocycles. The van der Waals surface area contributed by atoms with Crippen LogP contribution in [0.4, 0.5) is 0 Å². The molecule has 6 fully saturated rings. The van der Waals surface area contributed by atoms with Crippen LogP contribution in [-0.2, 0) is 28.8 Å². The Morgan fingerprint density at radius 1 is 0.792 bits per heavy atom. The van der Waals surface area contributed by atoms with E-state index in [-0.39, 0.29) is 87.5 Å². The fourth-order valence-corrected chi connectivity index (χ4v) is 9.62. The lowest BCUT2D eigenvalue weighted by atomic mass is 9.91. The maximum Gasteiger partial charge on any atom is 0.244 e. The summed E-state index contributed by atoms with van der Waals surface area (Å²) in [4.78, 5) is 78.4. The quantitative estimate of drug-likeness (QED) is 0.249. The Bertz CT molecular complexity index is 1600. The van der Waals surface area contributed by atoms with Crippen LogP contribution in [0.15, 0.2) is 0 Å². The van der Waals surface area contributed by atoms with Gasteiger partial charge in [-0.25, -0.2) is 0 Å². The van der Waals surface area contributed by atoms with Crippen LogP contribution < -0.4 is 21.3 Å². The van der Waals surface area contributed by atoms with Gasteiger partial charge in [0.1, 0.15) is 18.1 Å². The molecule has 298 valence electrons. The van der Waals surface area contributed by atoms with E-state index in [9.17, 15) is 34.0 Å². The Labute approximate surface area is 320 Å². The summed E-state index contributed by atoms with van der Waals surface area (Å²) in [6.07, 6.45) is 8.81. The van der Waals surface area contributed by atoms with Gasteiger partial charge in [0, 0.05) is 55.6 Å². The first-order valence-electron chi connectivity index (χ1n) is 19.5. The summed E-state index contributed by atoms with van der Waals surface area (Å²) in [6.45, 7) is 18.5. The highest BCUT2D eigenvalue weighted by molar-refractivity contribution is 5.91. The summed E-state index contributed by atoms with van der Waals surface area (Å²) >= 11 is 0. The molecular weight excluding hydrogens is 674 g/mol. The summed E-state index contributed by atoms with van der Waals surface area (Å²) in [5.41, 5.74) is 0.119. The summed E-state index contributed by atoms with van der Waals surface area (Å²) in [6, 6.07) is -0.0848. The Balaban J connectivity index is 0.000000533. The van der Waals surface area contributed by atoms with Gasteiger partial charge in [0.05, 0.1) is 12.1 Å². The van der Waals surface area contributed by atoms with Crippen molar-refractivity contribution in [2.75, 3.05) is 26.2 Å². The third-order valence-corrected chi connectivity index (χ3v) is 13.1. The van der Waals surface area contributed by atoms with E-state index in [1.807, 2.05) is 27.7 Å². The molecule has 10 unspecified atom stereocenters. The van der Waals surface area contributed by atoms with Gasteiger partial charge in [-0.3, -0.25) is 28.8 Å². The molecule has 0 radical (unpaired) electrons. The molecule has 0 aromatic heterocycles. The third kappa shape index (κ3) is 7.91. The molecule has 0 aromatic carbocycles. The SMILES string of the molecule is C#CC(CC1CCCNC1=O)NC(=O)C1C2C(CN1C(=O)C(C)C)C2(C)C.CC(C)C(=O)N1CC2C(C1C(=O)NC(C#N)CC1CCNC1=O)C2(C)C.[HH].[HH].[HH].[HH]. The number of amides is 6. The zero-order valence-corrected chi connectivity index (χ0v) is 32.7. The van der Waals surface area contributed by atoms with E-state index in [1.54, 1.807) is 9.80 Å². The lowest BCUT2D eigenvalue weighted by Crippen LogP contribution is -2.53. The molecule has 4 heterocycles. The van der Waals surface area contributed by atoms with E-state index >= 15 is 0 Å². The molecular formula is C40H67N7O6. The molecule has 6 aliphatic rings. The number of carbonyl (C=O) groups excluding carboxylic acids is 6. The van der Waals surface area contributed by atoms with Gasteiger partial charge in [0.25, 0.3) is 0 Å². The van der Waals surface area contributed by atoms with Crippen LogP contribution in [-0.4, -0.2) is 95.6 Å². The van der Waals surface area contributed by atoms with Gasteiger partial charge < -0.3 is 31.1 Å². The number of carbonyl (C=O) groups is 6. The van der Waals surface area contributed by atoms with Crippen LogP contribution in [0.5, 0.6) is 0 Å². The van der Waals surface area contributed by atoms with Crippen LogP contribution in [0.25, 0.3) is 0 Å². The summed E-state index contributed by atoms with van der Waals surface area (Å²) < 4.78 is 0. The average molecular weight is 742 g/mol. The molecule has 2 saturated carbocycles. The molecule has 0 spiro atoms. The highest BCUT2D eigenvalue weighted by atomic mass is 16.2. The van der Waals surface area contributed by atoms with Crippen molar-refractivity contribution in [2.24, 2.45) is 58.2 Å². The molecule has 2 aliphatic carbocycles. The Kier molecular flexibility index (Phi) is 11.6. The maximum absolute atomic E-state index is 13.1. The molecule has 4 aliphatic heterocycles. The average Bonchev–Trinajstić information content (AvgIpc) is 3.54. The smallest absolute Gasteiger partial charge is 0.244 e. The molecule has 6 rings (SSSR count). The standard InChI is InChI=1S/C21H31N3O3.C19H28N4O3.4H2/c1-6-14(10-13-8-7-9-22-18(13)25)23-19(26)17-16-15(21(16,4)5)11-24(17)20(27)12(2)3;1-10(2)18(26)23-9-13-14(19(13,3)4)15(23)17(25)22-12(8-20)7-11-5-6-21-16(11)24;;;;/h1,12-17H,7-11H2,2-5H3,(H,22,25)(H,23,26);10-15H,5-7,9H2,1-4H3,(H,21,24)(H,22,25);4*1H. The second-order valence-electron chi connectivity index (χ2n) is 17.9.